The van der Waals surface area contributed by atoms with Gasteiger partial charge in [-0.05, 0) is 49.6 Å². The number of aromatic nitrogens is 1. The molecule has 176 valence electrons. The summed E-state index contributed by atoms with van der Waals surface area (Å²) in [5.74, 6) is 1.10. The lowest BCUT2D eigenvalue weighted by molar-refractivity contribution is -0.118. The molecule has 0 saturated carbocycles. The van der Waals surface area contributed by atoms with Crippen molar-refractivity contribution in [2.75, 3.05) is 56.3 Å². The highest BCUT2D eigenvalue weighted by molar-refractivity contribution is 7.99. The lowest BCUT2D eigenvalue weighted by atomic mass is 10.2. The molecule has 5 nitrogen and oxygen atoms in total. The number of amides is 1. The molecule has 1 amide bonds. The number of carbonyl (C=O) groups is 1. The van der Waals surface area contributed by atoms with Crippen LogP contribution in [0.4, 0.5) is 5.13 Å². The lowest BCUT2D eigenvalue weighted by Crippen LogP contribution is -2.43. The van der Waals surface area contributed by atoms with E-state index in [4.69, 9.17) is 9.72 Å². The molecule has 33 heavy (non-hydrogen) atoms. The number of thioether (sulfide) groups is 2. The van der Waals surface area contributed by atoms with Crippen LogP contribution in [-0.4, -0.2) is 67.2 Å². The summed E-state index contributed by atoms with van der Waals surface area (Å²) >= 11 is 5.13. The van der Waals surface area contributed by atoms with Crippen LogP contribution in [0.1, 0.15) is 18.4 Å². The second kappa shape index (κ2) is 12.2. The number of aryl methyl sites for hydroxylation is 1. The Morgan fingerprint density at radius 2 is 1.97 bits per heavy atom. The predicted octanol–water partition coefficient (Wildman–Crippen LogP) is 5.56. The molecule has 1 aliphatic rings. The summed E-state index contributed by atoms with van der Waals surface area (Å²) < 4.78 is 6.61. The third-order valence-corrected chi connectivity index (χ3v) is 8.60. The van der Waals surface area contributed by atoms with E-state index >= 15 is 0 Å². The number of para-hydroxylation sites is 1. The van der Waals surface area contributed by atoms with Gasteiger partial charge in [-0.25, -0.2) is 4.98 Å². The Morgan fingerprint density at radius 1 is 1.18 bits per heavy atom. The van der Waals surface area contributed by atoms with Crippen molar-refractivity contribution in [1.29, 1.82) is 0 Å². The molecule has 2 heterocycles. The standard InChI is InChI=1S/C25H31N3O2S3/c1-19-8-10-20(11-9-19)32-18-4-7-23(29)28(13-12-27-14-16-30-17-15-27)25-26-24-21(31-2)5-3-6-22(24)33-25/h3,5-6,8-11H,4,7,12-18H2,1-2H3. The van der Waals surface area contributed by atoms with Gasteiger partial charge in [0, 0.05) is 42.4 Å². The molecule has 3 aromatic rings. The van der Waals surface area contributed by atoms with Gasteiger partial charge in [-0.3, -0.25) is 14.6 Å². The SMILES string of the molecule is CSc1cccc2sc(N(CCN3CCOCC3)C(=O)CCCSc3ccc(C)cc3)nc12. The normalized spacial score (nSPS) is 14.6. The van der Waals surface area contributed by atoms with Gasteiger partial charge in [0.1, 0.15) is 0 Å². The second-order valence-corrected chi connectivity index (χ2v) is 11.1. The Hall–Kier alpha value is -1.58. The molecule has 8 heteroatoms. The summed E-state index contributed by atoms with van der Waals surface area (Å²) in [6.07, 6.45) is 3.46. The van der Waals surface area contributed by atoms with Crippen molar-refractivity contribution in [2.24, 2.45) is 0 Å². The van der Waals surface area contributed by atoms with Gasteiger partial charge in [-0.2, -0.15) is 0 Å². The molecular formula is C25H31N3O2S3. The van der Waals surface area contributed by atoms with Gasteiger partial charge in [-0.1, -0.05) is 35.1 Å². The largest absolute Gasteiger partial charge is 0.379 e. The smallest absolute Gasteiger partial charge is 0.228 e. The zero-order valence-electron chi connectivity index (χ0n) is 19.3. The maximum absolute atomic E-state index is 13.3. The molecule has 0 N–H and O–H groups in total. The molecule has 4 rings (SSSR count). The number of nitrogens with zero attached hydrogens (tertiary/aromatic N) is 3. The molecule has 0 radical (unpaired) electrons. The number of carbonyl (C=O) groups excluding carboxylic acids is 1. The summed E-state index contributed by atoms with van der Waals surface area (Å²) in [6.45, 7) is 6.99. The van der Waals surface area contributed by atoms with E-state index in [0.29, 0.717) is 13.0 Å². The first kappa shape index (κ1) is 24.5. The number of hydrogen-bond acceptors (Lipinski definition) is 7. The summed E-state index contributed by atoms with van der Waals surface area (Å²) in [5.41, 5.74) is 2.27. The number of fused-ring (bicyclic) bond motifs is 1. The molecule has 0 spiro atoms. The number of benzene rings is 2. The third-order valence-electron chi connectivity index (χ3n) is 5.69. The first-order valence-corrected chi connectivity index (χ1v) is 14.4. The van der Waals surface area contributed by atoms with Crippen LogP contribution in [0, 0.1) is 6.92 Å². The van der Waals surface area contributed by atoms with Crippen molar-refractivity contribution in [3.05, 3.63) is 48.0 Å². The fraction of sp³-hybridized carbons (Fsp3) is 0.440. The van der Waals surface area contributed by atoms with E-state index < -0.39 is 0 Å². The molecule has 0 atom stereocenters. The van der Waals surface area contributed by atoms with Crippen LogP contribution >= 0.6 is 34.9 Å². The molecule has 0 bridgehead atoms. The topological polar surface area (TPSA) is 45.7 Å². The number of anilines is 1. The number of hydrogen-bond donors (Lipinski definition) is 0. The van der Waals surface area contributed by atoms with Crippen LogP contribution in [0.15, 0.2) is 52.3 Å². The van der Waals surface area contributed by atoms with Gasteiger partial charge in [-0.15, -0.1) is 23.5 Å². The first-order valence-electron chi connectivity index (χ1n) is 11.4. The van der Waals surface area contributed by atoms with Crippen LogP contribution in [0.5, 0.6) is 0 Å². The van der Waals surface area contributed by atoms with Crippen molar-refractivity contribution in [3.8, 4) is 0 Å². The van der Waals surface area contributed by atoms with Crippen molar-refractivity contribution in [2.45, 2.75) is 29.6 Å². The molecule has 0 unspecified atom stereocenters. The Kier molecular flexibility index (Phi) is 9.09. The van der Waals surface area contributed by atoms with E-state index in [9.17, 15) is 4.79 Å². The van der Waals surface area contributed by atoms with Crippen molar-refractivity contribution in [3.63, 3.8) is 0 Å². The van der Waals surface area contributed by atoms with Gasteiger partial charge in [0.2, 0.25) is 5.91 Å². The fourth-order valence-corrected chi connectivity index (χ4v) is 6.28. The average molecular weight is 502 g/mol. The van der Waals surface area contributed by atoms with E-state index in [1.807, 2.05) is 16.7 Å². The highest BCUT2D eigenvalue weighted by Crippen LogP contribution is 2.34. The highest BCUT2D eigenvalue weighted by atomic mass is 32.2. The first-order chi connectivity index (χ1) is 16.1. The molecule has 1 saturated heterocycles. The summed E-state index contributed by atoms with van der Waals surface area (Å²) in [7, 11) is 0. The number of thiazole rings is 1. The summed E-state index contributed by atoms with van der Waals surface area (Å²) in [6, 6.07) is 14.8. The maximum Gasteiger partial charge on any atom is 0.228 e. The Labute approximate surface area is 208 Å². The maximum atomic E-state index is 13.3. The molecule has 0 aliphatic carbocycles. The van der Waals surface area contributed by atoms with Crippen molar-refractivity contribution < 1.29 is 9.53 Å². The molecule has 1 aromatic heterocycles. The zero-order valence-corrected chi connectivity index (χ0v) is 21.7. The number of morpholine rings is 1. The highest BCUT2D eigenvalue weighted by Gasteiger charge is 2.22. The quantitative estimate of drug-likeness (QED) is 0.268. The van der Waals surface area contributed by atoms with E-state index in [2.05, 4.69) is 60.5 Å². The lowest BCUT2D eigenvalue weighted by Gasteiger charge is -2.29. The van der Waals surface area contributed by atoms with Crippen molar-refractivity contribution in [1.82, 2.24) is 9.88 Å². The monoisotopic (exact) mass is 501 g/mol. The minimum atomic E-state index is 0.164. The predicted molar refractivity (Wildman–Crippen MR) is 142 cm³/mol. The number of rotatable bonds is 10. The van der Waals surface area contributed by atoms with E-state index in [-0.39, 0.29) is 5.91 Å². The minimum absolute atomic E-state index is 0.164. The van der Waals surface area contributed by atoms with Crippen LogP contribution in [-0.2, 0) is 9.53 Å². The van der Waals surface area contributed by atoms with E-state index in [1.54, 1.807) is 23.1 Å². The van der Waals surface area contributed by atoms with Gasteiger partial charge in [0.15, 0.2) is 5.13 Å². The molecular weight excluding hydrogens is 470 g/mol. The average Bonchev–Trinajstić information content (AvgIpc) is 3.28. The number of ether oxygens (including phenoxy) is 1. The second-order valence-electron chi connectivity index (χ2n) is 8.07. The van der Waals surface area contributed by atoms with Gasteiger partial charge in [0.25, 0.3) is 0 Å². The fourth-order valence-electron chi connectivity index (χ4n) is 3.77. The van der Waals surface area contributed by atoms with E-state index in [0.717, 1.165) is 65.3 Å². The molecule has 1 fully saturated rings. The molecule has 2 aromatic carbocycles. The van der Waals surface area contributed by atoms with Crippen LogP contribution in [0.2, 0.25) is 0 Å². The molecule has 1 aliphatic heterocycles. The zero-order chi connectivity index (χ0) is 23.0. The van der Waals surface area contributed by atoms with Gasteiger partial charge in [0.05, 0.1) is 23.4 Å². The summed E-state index contributed by atoms with van der Waals surface area (Å²) in [4.78, 5) is 25.0. The Balaban J connectivity index is 1.42. The van der Waals surface area contributed by atoms with Gasteiger partial charge < -0.3 is 4.74 Å². The third kappa shape index (κ3) is 6.73. The minimum Gasteiger partial charge on any atom is -0.379 e. The Bertz CT molecular complexity index is 1050. The van der Waals surface area contributed by atoms with E-state index in [1.165, 1.54) is 10.5 Å². The van der Waals surface area contributed by atoms with Gasteiger partial charge >= 0.3 is 0 Å². The Morgan fingerprint density at radius 3 is 2.73 bits per heavy atom. The van der Waals surface area contributed by atoms with Crippen molar-refractivity contribution >= 4 is 56.1 Å². The van der Waals surface area contributed by atoms with Crippen LogP contribution < -0.4 is 4.90 Å². The van der Waals surface area contributed by atoms with Crippen LogP contribution in [0.3, 0.4) is 0 Å². The van der Waals surface area contributed by atoms with Crippen LogP contribution in [0.25, 0.3) is 10.2 Å². The summed E-state index contributed by atoms with van der Waals surface area (Å²) in [5, 5.41) is 0.816.